The van der Waals surface area contributed by atoms with E-state index in [4.69, 9.17) is 9.47 Å². The summed E-state index contributed by atoms with van der Waals surface area (Å²) in [5, 5.41) is 5.43. The van der Waals surface area contributed by atoms with Crippen LogP contribution in [-0.2, 0) is 4.74 Å². The third-order valence-electron chi connectivity index (χ3n) is 4.11. The Morgan fingerprint density at radius 1 is 0.774 bits per heavy atom. The van der Waals surface area contributed by atoms with Crippen molar-refractivity contribution in [2.75, 3.05) is 17.2 Å². The van der Waals surface area contributed by atoms with Gasteiger partial charge in [0.05, 0.1) is 18.0 Å². The predicted molar refractivity (Wildman–Crippen MR) is 113 cm³/mol. The molecule has 0 atom stereocenters. The molecule has 0 saturated carbocycles. The Balaban J connectivity index is 1.68. The maximum atomic E-state index is 13.1. The molecule has 0 spiro atoms. The van der Waals surface area contributed by atoms with Crippen molar-refractivity contribution in [1.82, 2.24) is 0 Å². The lowest BCUT2D eigenvalue weighted by molar-refractivity contribution is 0.101. The second-order valence-electron chi connectivity index (χ2n) is 6.27. The van der Waals surface area contributed by atoms with Gasteiger partial charge in [-0.05, 0) is 67.6 Å². The minimum Gasteiger partial charge on any atom is -0.434 e. The Labute approximate surface area is 177 Å². The van der Waals surface area contributed by atoms with E-state index in [1.807, 2.05) is 0 Å². The van der Waals surface area contributed by atoms with Gasteiger partial charge in [0.2, 0.25) is 0 Å². The van der Waals surface area contributed by atoms with Crippen molar-refractivity contribution in [2.24, 2.45) is 0 Å². The van der Waals surface area contributed by atoms with E-state index in [0.717, 1.165) is 0 Å². The molecule has 0 aliphatic heterocycles. The topological polar surface area (TPSA) is 93.7 Å². The van der Waals surface area contributed by atoms with E-state index in [2.05, 4.69) is 10.6 Å². The number of ether oxygens (including phenoxy) is 2. The van der Waals surface area contributed by atoms with Crippen LogP contribution in [0.25, 0.3) is 0 Å². The highest BCUT2D eigenvalue weighted by Crippen LogP contribution is 2.23. The number of benzene rings is 3. The van der Waals surface area contributed by atoms with Crippen molar-refractivity contribution in [2.45, 2.75) is 6.92 Å². The van der Waals surface area contributed by atoms with E-state index in [9.17, 15) is 18.8 Å². The van der Waals surface area contributed by atoms with Gasteiger partial charge in [0, 0.05) is 11.1 Å². The molecule has 3 rings (SSSR count). The average molecular weight is 422 g/mol. The standard InChI is InChI=1S/C23H19FN2O5/c1-2-30-23(29)31-18-13-9-16(10-14-18)22(28)26-20-6-4-3-5-19(20)25-21(27)15-7-11-17(24)12-8-15/h3-14H,2H2,1H3,(H,25,27)(H,26,28). The Kier molecular flexibility index (Phi) is 6.95. The summed E-state index contributed by atoms with van der Waals surface area (Å²) < 4.78 is 22.7. The first-order chi connectivity index (χ1) is 15.0. The molecule has 3 aromatic rings. The number of nitrogens with one attached hydrogen (secondary N) is 2. The maximum absolute atomic E-state index is 13.1. The van der Waals surface area contributed by atoms with Gasteiger partial charge >= 0.3 is 6.16 Å². The highest BCUT2D eigenvalue weighted by Gasteiger charge is 2.13. The zero-order valence-electron chi connectivity index (χ0n) is 16.6. The Hall–Kier alpha value is -4.20. The number of anilines is 2. The molecule has 0 aliphatic carbocycles. The fourth-order valence-corrected chi connectivity index (χ4v) is 2.61. The van der Waals surface area contributed by atoms with Crippen LogP contribution >= 0.6 is 0 Å². The first kappa shape index (κ1) is 21.5. The lowest BCUT2D eigenvalue weighted by atomic mass is 10.1. The molecule has 2 N–H and O–H groups in total. The molecule has 0 aromatic heterocycles. The van der Waals surface area contributed by atoms with Crippen LogP contribution in [0.3, 0.4) is 0 Å². The molecular formula is C23H19FN2O5. The van der Waals surface area contributed by atoms with E-state index in [1.54, 1.807) is 31.2 Å². The van der Waals surface area contributed by atoms with Crippen molar-refractivity contribution in [3.63, 3.8) is 0 Å². The second-order valence-corrected chi connectivity index (χ2v) is 6.27. The lowest BCUT2D eigenvalue weighted by Crippen LogP contribution is -2.17. The van der Waals surface area contributed by atoms with Crippen LogP contribution in [-0.4, -0.2) is 24.6 Å². The maximum Gasteiger partial charge on any atom is 0.513 e. The van der Waals surface area contributed by atoms with Gasteiger partial charge in [0.1, 0.15) is 11.6 Å². The fourth-order valence-electron chi connectivity index (χ4n) is 2.61. The average Bonchev–Trinajstić information content (AvgIpc) is 2.76. The van der Waals surface area contributed by atoms with Crippen LogP contribution in [0.15, 0.2) is 72.8 Å². The number of hydrogen-bond donors (Lipinski definition) is 2. The highest BCUT2D eigenvalue weighted by atomic mass is 19.1. The van der Waals surface area contributed by atoms with Gasteiger partial charge < -0.3 is 20.1 Å². The third-order valence-corrected chi connectivity index (χ3v) is 4.11. The molecule has 0 radical (unpaired) electrons. The van der Waals surface area contributed by atoms with Crippen molar-refractivity contribution < 1.29 is 28.2 Å². The van der Waals surface area contributed by atoms with Crippen molar-refractivity contribution in [3.8, 4) is 5.75 Å². The monoisotopic (exact) mass is 422 g/mol. The van der Waals surface area contributed by atoms with Gasteiger partial charge in [0.25, 0.3) is 11.8 Å². The second kappa shape index (κ2) is 10.0. The highest BCUT2D eigenvalue weighted by molar-refractivity contribution is 6.10. The smallest absolute Gasteiger partial charge is 0.434 e. The van der Waals surface area contributed by atoms with Gasteiger partial charge in [-0.3, -0.25) is 9.59 Å². The first-order valence-electron chi connectivity index (χ1n) is 9.38. The zero-order chi connectivity index (χ0) is 22.2. The lowest BCUT2D eigenvalue weighted by Gasteiger charge is -2.12. The number of halogens is 1. The summed E-state index contributed by atoms with van der Waals surface area (Å²) in [6.07, 6.45) is -0.828. The number of carbonyl (C=O) groups is 3. The number of hydrogen-bond acceptors (Lipinski definition) is 5. The van der Waals surface area contributed by atoms with Crippen LogP contribution < -0.4 is 15.4 Å². The van der Waals surface area contributed by atoms with Crippen LogP contribution in [0.2, 0.25) is 0 Å². The Bertz CT molecular complexity index is 1080. The summed E-state index contributed by atoms with van der Waals surface area (Å²) in [4.78, 5) is 36.3. The molecule has 0 bridgehead atoms. The summed E-state index contributed by atoms with van der Waals surface area (Å²) in [7, 11) is 0. The van der Waals surface area contributed by atoms with E-state index in [-0.39, 0.29) is 17.9 Å². The molecule has 7 nitrogen and oxygen atoms in total. The van der Waals surface area contributed by atoms with Gasteiger partial charge in [-0.1, -0.05) is 12.1 Å². The minimum atomic E-state index is -0.828. The summed E-state index contributed by atoms with van der Waals surface area (Å²) in [6, 6.07) is 17.7. The fraction of sp³-hybridized carbons (Fsp3) is 0.0870. The van der Waals surface area contributed by atoms with Crippen molar-refractivity contribution >= 4 is 29.3 Å². The molecule has 3 aromatic carbocycles. The predicted octanol–water partition coefficient (Wildman–Crippen LogP) is 4.87. The molecule has 31 heavy (non-hydrogen) atoms. The first-order valence-corrected chi connectivity index (χ1v) is 9.38. The normalized spacial score (nSPS) is 10.1. The summed E-state index contributed by atoms with van der Waals surface area (Å²) in [6.45, 7) is 1.85. The number of rotatable bonds is 6. The van der Waals surface area contributed by atoms with Crippen LogP contribution in [0, 0.1) is 5.82 Å². The van der Waals surface area contributed by atoms with Crippen LogP contribution in [0.5, 0.6) is 5.75 Å². The van der Waals surface area contributed by atoms with E-state index < -0.39 is 23.8 Å². The van der Waals surface area contributed by atoms with E-state index in [1.165, 1.54) is 48.5 Å². The van der Waals surface area contributed by atoms with Gasteiger partial charge in [-0.15, -0.1) is 0 Å². The Morgan fingerprint density at radius 2 is 1.26 bits per heavy atom. The number of para-hydroxylation sites is 2. The van der Waals surface area contributed by atoms with Gasteiger partial charge in [-0.2, -0.15) is 0 Å². The minimum absolute atomic E-state index is 0.191. The quantitative estimate of drug-likeness (QED) is 0.437. The van der Waals surface area contributed by atoms with Gasteiger partial charge in [-0.25, -0.2) is 9.18 Å². The van der Waals surface area contributed by atoms with Crippen molar-refractivity contribution in [3.05, 3.63) is 89.7 Å². The summed E-state index contributed by atoms with van der Waals surface area (Å²) in [5.41, 5.74) is 1.36. The molecule has 2 amide bonds. The van der Waals surface area contributed by atoms with E-state index in [0.29, 0.717) is 16.9 Å². The van der Waals surface area contributed by atoms with E-state index >= 15 is 0 Å². The molecule has 0 saturated heterocycles. The zero-order valence-corrected chi connectivity index (χ0v) is 16.6. The molecule has 8 heteroatoms. The Morgan fingerprint density at radius 3 is 1.74 bits per heavy atom. The molecule has 158 valence electrons. The van der Waals surface area contributed by atoms with Gasteiger partial charge in [0.15, 0.2) is 0 Å². The molecular weight excluding hydrogens is 403 g/mol. The largest absolute Gasteiger partial charge is 0.513 e. The number of carbonyl (C=O) groups excluding carboxylic acids is 3. The number of amides is 2. The molecule has 0 fully saturated rings. The summed E-state index contributed by atoms with van der Waals surface area (Å²) in [5.74, 6) is -1.07. The molecule has 0 aliphatic rings. The van der Waals surface area contributed by atoms with Crippen LogP contribution in [0.1, 0.15) is 27.6 Å². The van der Waals surface area contributed by atoms with Crippen LogP contribution in [0.4, 0.5) is 20.6 Å². The molecule has 0 unspecified atom stereocenters. The molecule has 0 heterocycles. The van der Waals surface area contributed by atoms with Crippen molar-refractivity contribution in [1.29, 1.82) is 0 Å². The third kappa shape index (κ3) is 5.89. The SMILES string of the molecule is CCOC(=O)Oc1ccc(C(=O)Nc2ccccc2NC(=O)c2ccc(F)cc2)cc1. The summed E-state index contributed by atoms with van der Waals surface area (Å²) >= 11 is 0.